The molecule has 0 aliphatic carbocycles. The van der Waals surface area contributed by atoms with Crippen LogP contribution in [-0.2, 0) is 6.61 Å². The van der Waals surface area contributed by atoms with Gasteiger partial charge in [0, 0.05) is 10.0 Å². The Labute approximate surface area is 163 Å². The minimum absolute atomic E-state index is 0.337. The first-order valence-corrected chi connectivity index (χ1v) is 9.29. The van der Waals surface area contributed by atoms with E-state index in [0.29, 0.717) is 22.9 Å². The smallest absolute Gasteiger partial charge is 0.285 e. The second-order valence-corrected chi connectivity index (χ2v) is 7.01. The van der Waals surface area contributed by atoms with E-state index in [-0.39, 0.29) is 5.91 Å². The van der Waals surface area contributed by atoms with Gasteiger partial charge >= 0.3 is 0 Å². The summed E-state index contributed by atoms with van der Waals surface area (Å²) < 4.78 is 10.5. The van der Waals surface area contributed by atoms with Crippen LogP contribution in [0.3, 0.4) is 0 Å². The van der Waals surface area contributed by atoms with Crippen LogP contribution in [0.1, 0.15) is 26.5 Å². The van der Waals surface area contributed by atoms with Gasteiger partial charge in [-0.3, -0.25) is 4.79 Å². The first-order valence-electron chi connectivity index (χ1n) is 7.72. The molecule has 0 radical (unpaired) electrons. The highest BCUT2D eigenvalue weighted by Gasteiger charge is 2.12. The molecule has 3 rings (SSSR count). The molecule has 8 heteroatoms. The van der Waals surface area contributed by atoms with E-state index in [9.17, 15) is 4.79 Å². The van der Waals surface area contributed by atoms with Gasteiger partial charge in [0.05, 0.1) is 11.9 Å². The number of benzene rings is 2. The molecule has 3 aromatic rings. The molecule has 0 saturated heterocycles. The maximum atomic E-state index is 12.0. The number of nitrogens with one attached hydrogen (secondary N) is 1. The Morgan fingerprint density at radius 3 is 2.85 bits per heavy atom. The van der Waals surface area contributed by atoms with E-state index in [4.69, 9.17) is 4.74 Å². The zero-order valence-electron chi connectivity index (χ0n) is 13.8. The number of amides is 1. The Kier molecular flexibility index (Phi) is 6.08. The molecule has 0 bridgehead atoms. The van der Waals surface area contributed by atoms with Crippen LogP contribution in [0.2, 0.25) is 0 Å². The Hall–Kier alpha value is -2.58. The molecule has 0 aliphatic heterocycles. The zero-order valence-corrected chi connectivity index (χ0v) is 16.3. The number of carbonyl (C=O) groups is 1. The van der Waals surface area contributed by atoms with Crippen molar-refractivity contribution in [3.8, 4) is 5.75 Å². The third-order valence-electron chi connectivity index (χ3n) is 3.44. The van der Waals surface area contributed by atoms with E-state index in [2.05, 4.69) is 36.0 Å². The summed E-state index contributed by atoms with van der Waals surface area (Å²) in [6, 6.07) is 15.5. The Morgan fingerprint density at radius 2 is 2.12 bits per heavy atom. The van der Waals surface area contributed by atoms with Crippen LogP contribution in [0.25, 0.3) is 0 Å². The van der Waals surface area contributed by atoms with Crippen LogP contribution < -0.4 is 10.2 Å². The monoisotopic (exact) mass is 430 g/mol. The lowest BCUT2D eigenvalue weighted by Crippen LogP contribution is -2.17. The molecular formula is C18H15BrN4O2S. The molecule has 2 aromatic carbocycles. The largest absolute Gasteiger partial charge is 0.488 e. The summed E-state index contributed by atoms with van der Waals surface area (Å²) >= 11 is 4.47. The molecule has 132 valence electrons. The number of hydrogen-bond acceptors (Lipinski definition) is 6. The minimum atomic E-state index is -0.337. The van der Waals surface area contributed by atoms with Gasteiger partial charge in [-0.05, 0) is 42.2 Å². The normalized spacial score (nSPS) is 10.8. The number of hydrogen-bond donors (Lipinski definition) is 1. The average molecular weight is 431 g/mol. The molecule has 0 spiro atoms. The van der Waals surface area contributed by atoms with Crippen LogP contribution in [0, 0.1) is 6.92 Å². The molecule has 0 aliphatic rings. The van der Waals surface area contributed by atoms with Gasteiger partial charge in [-0.25, -0.2) is 5.43 Å². The van der Waals surface area contributed by atoms with E-state index in [1.807, 2.05) is 48.5 Å². The molecule has 1 N–H and O–H groups in total. The van der Waals surface area contributed by atoms with Crippen LogP contribution in [0.4, 0.5) is 0 Å². The van der Waals surface area contributed by atoms with Gasteiger partial charge < -0.3 is 4.74 Å². The molecule has 0 atom stereocenters. The Bertz CT molecular complexity index is 928. The van der Waals surface area contributed by atoms with Crippen LogP contribution in [0.5, 0.6) is 5.75 Å². The standard InChI is InChI=1S/C18H15BrN4O2S/c1-12-17(26-23-21-12)18(24)22-20-10-14-9-15(19)7-8-16(14)25-11-13-5-3-2-4-6-13/h2-10H,11H2,1H3,(H,22,24). The SMILES string of the molecule is Cc1nnsc1C(=O)NN=Cc1cc(Br)ccc1OCc1ccccc1. The number of nitrogens with zero attached hydrogens (tertiary/aromatic N) is 3. The fraction of sp³-hybridized carbons (Fsp3) is 0.111. The van der Waals surface area contributed by atoms with Crippen molar-refractivity contribution in [2.75, 3.05) is 0 Å². The topological polar surface area (TPSA) is 76.5 Å². The summed E-state index contributed by atoms with van der Waals surface area (Å²) in [5.41, 5.74) is 4.88. The summed E-state index contributed by atoms with van der Waals surface area (Å²) in [7, 11) is 0. The van der Waals surface area contributed by atoms with E-state index in [1.54, 1.807) is 13.1 Å². The lowest BCUT2D eigenvalue weighted by atomic mass is 10.2. The summed E-state index contributed by atoms with van der Waals surface area (Å²) in [4.78, 5) is 12.5. The lowest BCUT2D eigenvalue weighted by Gasteiger charge is -2.09. The van der Waals surface area contributed by atoms with Gasteiger partial charge in [-0.2, -0.15) is 5.10 Å². The molecular weight excluding hydrogens is 416 g/mol. The summed E-state index contributed by atoms with van der Waals surface area (Å²) in [6.45, 7) is 2.17. The quantitative estimate of drug-likeness (QED) is 0.474. The third kappa shape index (κ3) is 4.74. The van der Waals surface area contributed by atoms with E-state index >= 15 is 0 Å². The number of aryl methyl sites for hydroxylation is 1. The van der Waals surface area contributed by atoms with Crippen molar-refractivity contribution in [1.82, 2.24) is 15.0 Å². The van der Waals surface area contributed by atoms with Gasteiger partial charge in [0.15, 0.2) is 0 Å². The van der Waals surface area contributed by atoms with Crippen molar-refractivity contribution >= 4 is 39.6 Å². The first-order chi connectivity index (χ1) is 12.6. The second kappa shape index (κ2) is 8.68. The fourth-order valence-electron chi connectivity index (χ4n) is 2.14. The van der Waals surface area contributed by atoms with Crippen LogP contribution in [0.15, 0.2) is 58.1 Å². The summed E-state index contributed by atoms with van der Waals surface area (Å²) in [6.07, 6.45) is 1.55. The zero-order chi connectivity index (χ0) is 18.4. The minimum Gasteiger partial charge on any atom is -0.488 e. The van der Waals surface area contributed by atoms with Gasteiger partial charge in [0.1, 0.15) is 17.2 Å². The predicted octanol–water partition coefficient (Wildman–Crippen LogP) is 3.95. The number of rotatable bonds is 6. The number of aromatic nitrogens is 2. The molecule has 1 heterocycles. The van der Waals surface area contributed by atoms with E-state index in [0.717, 1.165) is 27.1 Å². The molecule has 0 saturated carbocycles. The van der Waals surface area contributed by atoms with E-state index in [1.165, 1.54) is 0 Å². The first kappa shape index (κ1) is 18.2. The number of hydrazone groups is 1. The summed E-state index contributed by atoms with van der Waals surface area (Å²) in [5.74, 6) is 0.334. The summed E-state index contributed by atoms with van der Waals surface area (Å²) in [5, 5.41) is 7.83. The van der Waals surface area contributed by atoms with Crippen molar-refractivity contribution in [3.63, 3.8) is 0 Å². The molecule has 0 fully saturated rings. The van der Waals surface area contributed by atoms with Gasteiger partial charge in [-0.1, -0.05) is 50.8 Å². The van der Waals surface area contributed by atoms with Crippen molar-refractivity contribution in [1.29, 1.82) is 0 Å². The highest BCUT2D eigenvalue weighted by Crippen LogP contribution is 2.23. The third-order valence-corrected chi connectivity index (χ3v) is 4.76. The lowest BCUT2D eigenvalue weighted by molar-refractivity contribution is 0.0958. The number of halogens is 1. The molecule has 0 unspecified atom stereocenters. The van der Waals surface area contributed by atoms with Crippen molar-refractivity contribution in [2.45, 2.75) is 13.5 Å². The fourth-order valence-corrected chi connectivity index (χ4v) is 3.06. The highest BCUT2D eigenvalue weighted by atomic mass is 79.9. The molecule has 1 amide bonds. The molecule has 26 heavy (non-hydrogen) atoms. The Morgan fingerprint density at radius 1 is 1.31 bits per heavy atom. The van der Waals surface area contributed by atoms with Gasteiger partial charge in [0.25, 0.3) is 5.91 Å². The Balaban J connectivity index is 1.69. The molecule has 6 nitrogen and oxygen atoms in total. The van der Waals surface area contributed by atoms with Crippen molar-refractivity contribution < 1.29 is 9.53 Å². The molecule has 1 aromatic heterocycles. The predicted molar refractivity (Wildman–Crippen MR) is 105 cm³/mol. The number of ether oxygens (including phenoxy) is 1. The second-order valence-electron chi connectivity index (χ2n) is 5.34. The van der Waals surface area contributed by atoms with Gasteiger partial charge in [-0.15, -0.1) is 5.10 Å². The average Bonchev–Trinajstić information content (AvgIpc) is 3.08. The van der Waals surface area contributed by atoms with E-state index < -0.39 is 0 Å². The number of carbonyl (C=O) groups excluding carboxylic acids is 1. The van der Waals surface area contributed by atoms with Crippen molar-refractivity contribution in [3.05, 3.63) is 74.7 Å². The highest BCUT2D eigenvalue weighted by molar-refractivity contribution is 9.10. The maximum Gasteiger partial charge on any atom is 0.285 e. The maximum absolute atomic E-state index is 12.0. The van der Waals surface area contributed by atoms with Crippen LogP contribution in [-0.4, -0.2) is 21.7 Å². The van der Waals surface area contributed by atoms with Gasteiger partial charge in [0.2, 0.25) is 0 Å². The van der Waals surface area contributed by atoms with Crippen molar-refractivity contribution in [2.24, 2.45) is 5.10 Å². The van der Waals surface area contributed by atoms with Crippen LogP contribution >= 0.6 is 27.5 Å².